The second-order valence-corrected chi connectivity index (χ2v) is 9.01. The number of imide groups is 1. The zero-order valence-corrected chi connectivity index (χ0v) is 18.3. The molecule has 9 nitrogen and oxygen atoms in total. The first-order valence-corrected chi connectivity index (χ1v) is 10.6. The minimum absolute atomic E-state index is 0.0619. The Hall–Kier alpha value is -3.62. The number of aromatic nitrogens is 2. The zero-order valence-electron chi connectivity index (χ0n) is 18.3. The monoisotopic (exact) mass is 435 g/mol. The number of amides is 4. The van der Waals surface area contributed by atoms with E-state index in [2.05, 4.69) is 15.3 Å². The molecule has 1 saturated heterocycles. The van der Waals surface area contributed by atoms with Crippen LogP contribution in [0.5, 0.6) is 0 Å². The molecule has 0 bridgehead atoms. The molecule has 9 heteroatoms. The summed E-state index contributed by atoms with van der Waals surface area (Å²) in [5.41, 5.74) is 0.582. The number of carbonyl (C=O) groups excluding carboxylic acids is 4. The van der Waals surface area contributed by atoms with Crippen LogP contribution in [0.1, 0.15) is 75.2 Å². The van der Waals surface area contributed by atoms with E-state index in [1.165, 1.54) is 29.6 Å². The highest BCUT2D eigenvalue weighted by Crippen LogP contribution is 2.30. The second-order valence-electron chi connectivity index (χ2n) is 9.01. The van der Waals surface area contributed by atoms with Crippen LogP contribution in [0.15, 0.2) is 36.8 Å². The molecule has 4 rings (SSSR count). The van der Waals surface area contributed by atoms with Gasteiger partial charge in [0.1, 0.15) is 5.69 Å². The van der Waals surface area contributed by atoms with Crippen molar-refractivity contribution in [3.63, 3.8) is 0 Å². The fourth-order valence-corrected chi connectivity index (χ4v) is 4.07. The van der Waals surface area contributed by atoms with Crippen LogP contribution >= 0.6 is 0 Å². The van der Waals surface area contributed by atoms with E-state index in [-0.39, 0.29) is 40.9 Å². The number of nitrogens with one attached hydrogen (secondary N) is 1. The highest BCUT2D eigenvalue weighted by atomic mass is 16.2. The number of fused-ring (bicyclic) bond motifs is 1. The second kappa shape index (κ2) is 8.14. The van der Waals surface area contributed by atoms with Crippen molar-refractivity contribution in [1.29, 1.82) is 0 Å². The van der Waals surface area contributed by atoms with Crippen molar-refractivity contribution in [3.8, 4) is 0 Å². The predicted molar refractivity (Wildman–Crippen MR) is 115 cm³/mol. The number of benzene rings is 1. The predicted octanol–water partition coefficient (Wildman–Crippen LogP) is 1.91. The van der Waals surface area contributed by atoms with Crippen LogP contribution in [0, 0.1) is 0 Å². The van der Waals surface area contributed by atoms with E-state index in [9.17, 15) is 19.2 Å². The van der Waals surface area contributed by atoms with Crippen molar-refractivity contribution in [2.45, 2.75) is 45.2 Å². The molecule has 3 heterocycles. The number of hydrogen-bond donors (Lipinski definition) is 1. The molecule has 1 fully saturated rings. The molecular formula is C23H25N5O4. The Morgan fingerprint density at radius 3 is 2.34 bits per heavy atom. The zero-order chi connectivity index (χ0) is 23.0. The molecule has 4 amide bonds. The first-order valence-electron chi connectivity index (χ1n) is 10.6. The van der Waals surface area contributed by atoms with Crippen LogP contribution < -0.4 is 5.32 Å². The van der Waals surface area contributed by atoms with Gasteiger partial charge in [-0.25, -0.2) is 4.98 Å². The highest BCUT2D eigenvalue weighted by molar-refractivity contribution is 6.22. The van der Waals surface area contributed by atoms with Gasteiger partial charge in [0, 0.05) is 42.6 Å². The van der Waals surface area contributed by atoms with Crippen LogP contribution in [0.4, 0.5) is 0 Å². The fraction of sp³-hybridized carbons (Fsp3) is 0.391. The van der Waals surface area contributed by atoms with Crippen LogP contribution in [0.25, 0.3) is 0 Å². The largest absolute Gasteiger partial charge is 0.348 e. The Labute approximate surface area is 185 Å². The van der Waals surface area contributed by atoms with Crippen molar-refractivity contribution >= 4 is 23.6 Å². The van der Waals surface area contributed by atoms with Crippen LogP contribution in [-0.4, -0.2) is 68.1 Å². The van der Waals surface area contributed by atoms with E-state index in [1.807, 2.05) is 0 Å². The number of piperidine rings is 1. The van der Waals surface area contributed by atoms with Crippen molar-refractivity contribution in [3.05, 3.63) is 59.2 Å². The lowest BCUT2D eigenvalue weighted by molar-refractivity contribution is 0.0507. The molecule has 2 aliphatic heterocycles. The van der Waals surface area contributed by atoms with Gasteiger partial charge < -0.3 is 10.2 Å². The summed E-state index contributed by atoms with van der Waals surface area (Å²) in [6.45, 7) is 6.35. The van der Waals surface area contributed by atoms with E-state index >= 15 is 0 Å². The molecule has 1 aromatic heterocycles. The molecule has 2 aromatic rings. The summed E-state index contributed by atoms with van der Waals surface area (Å²) in [5.74, 6) is -1.19. The van der Waals surface area contributed by atoms with E-state index in [1.54, 1.807) is 37.8 Å². The Kier molecular flexibility index (Phi) is 5.50. The first-order chi connectivity index (χ1) is 15.2. The molecule has 32 heavy (non-hydrogen) atoms. The molecule has 1 N–H and O–H groups in total. The quantitative estimate of drug-likeness (QED) is 0.737. The van der Waals surface area contributed by atoms with E-state index in [4.69, 9.17) is 0 Å². The van der Waals surface area contributed by atoms with E-state index in [0.717, 1.165) is 0 Å². The van der Waals surface area contributed by atoms with Crippen LogP contribution in [0.2, 0.25) is 0 Å². The van der Waals surface area contributed by atoms with Gasteiger partial charge >= 0.3 is 0 Å². The lowest BCUT2D eigenvalue weighted by atomic mass is 10.0. The van der Waals surface area contributed by atoms with Gasteiger partial charge in [-0.2, -0.15) is 0 Å². The number of nitrogens with zero attached hydrogens (tertiary/aromatic N) is 4. The highest BCUT2D eigenvalue weighted by Gasteiger charge is 2.42. The third kappa shape index (κ3) is 3.98. The van der Waals surface area contributed by atoms with Gasteiger partial charge in [0.25, 0.3) is 23.6 Å². The molecule has 166 valence electrons. The Morgan fingerprint density at radius 1 is 1.03 bits per heavy atom. The van der Waals surface area contributed by atoms with Gasteiger partial charge in [-0.3, -0.25) is 29.1 Å². The molecule has 0 aliphatic carbocycles. The molecule has 0 saturated carbocycles. The standard InChI is InChI=1S/C23H25N5O4/c1-23(2,3)28-21(31)16-5-4-14(12-17(16)22(28)32)20(30)27-10-6-15(7-11-27)26-19(29)18-13-24-8-9-25-18/h4-5,8-9,12-13,15H,6-7,10-11H2,1-3H3,(H,26,29). The molecule has 0 atom stereocenters. The first kappa shape index (κ1) is 21.6. The van der Waals surface area contributed by atoms with E-state index in [0.29, 0.717) is 37.1 Å². The SMILES string of the molecule is CC(C)(C)N1C(=O)c2ccc(C(=O)N3CCC(NC(=O)c4cnccn4)CC3)cc2C1=O. The maximum Gasteiger partial charge on any atom is 0.271 e. The van der Waals surface area contributed by atoms with Gasteiger partial charge in [-0.1, -0.05) is 0 Å². The van der Waals surface area contributed by atoms with Gasteiger partial charge in [-0.05, 0) is 51.8 Å². The van der Waals surface area contributed by atoms with Gasteiger partial charge in [0.15, 0.2) is 0 Å². The lowest BCUT2D eigenvalue weighted by Gasteiger charge is -2.32. The van der Waals surface area contributed by atoms with Gasteiger partial charge in [-0.15, -0.1) is 0 Å². The normalized spacial score (nSPS) is 16.8. The number of rotatable bonds is 3. The van der Waals surface area contributed by atoms with E-state index < -0.39 is 5.54 Å². The molecule has 1 aromatic carbocycles. The minimum atomic E-state index is -0.644. The Balaban J connectivity index is 1.41. The van der Waals surface area contributed by atoms with Gasteiger partial charge in [0.2, 0.25) is 0 Å². The average molecular weight is 435 g/mol. The molecule has 0 unspecified atom stereocenters. The maximum atomic E-state index is 13.0. The molecule has 0 radical (unpaired) electrons. The summed E-state index contributed by atoms with van der Waals surface area (Å²) in [6.07, 6.45) is 5.60. The number of carbonyl (C=O) groups is 4. The summed E-state index contributed by atoms with van der Waals surface area (Å²) in [5, 5.41) is 2.93. The maximum absolute atomic E-state index is 13.0. The topological polar surface area (TPSA) is 113 Å². The lowest BCUT2D eigenvalue weighted by Crippen LogP contribution is -2.46. The summed E-state index contributed by atoms with van der Waals surface area (Å²) in [4.78, 5) is 61.5. The van der Waals surface area contributed by atoms with Crippen molar-refractivity contribution < 1.29 is 19.2 Å². The third-order valence-corrected chi connectivity index (χ3v) is 5.72. The summed E-state index contributed by atoms with van der Waals surface area (Å²) in [7, 11) is 0. The Morgan fingerprint density at radius 2 is 1.72 bits per heavy atom. The van der Waals surface area contributed by atoms with Crippen LogP contribution in [0.3, 0.4) is 0 Å². The van der Waals surface area contributed by atoms with Crippen molar-refractivity contribution in [2.75, 3.05) is 13.1 Å². The smallest absolute Gasteiger partial charge is 0.271 e. The van der Waals surface area contributed by atoms with Crippen LogP contribution in [-0.2, 0) is 0 Å². The van der Waals surface area contributed by atoms with Gasteiger partial charge in [0.05, 0.1) is 17.3 Å². The number of hydrogen-bond acceptors (Lipinski definition) is 6. The summed E-state index contributed by atoms with van der Waals surface area (Å²) in [6, 6.07) is 4.61. The fourth-order valence-electron chi connectivity index (χ4n) is 4.07. The van der Waals surface area contributed by atoms with Crippen molar-refractivity contribution in [2.24, 2.45) is 0 Å². The molecule has 2 aliphatic rings. The Bertz CT molecular complexity index is 1090. The summed E-state index contributed by atoms with van der Waals surface area (Å²) >= 11 is 0. The molecule has 0 spiro atoms. The minimum Gasteiger partial charge on any atom is -0.348 e. The number of likely N-dealkylation sites (tertiary alicyclic amines) is 1. The third-order valence-electron chi connectivity index (χ3n) is 5.72. The van der Waals surface area contributed by atoms with Crippen molar-refractivity contribution in [1.82, 2.24) is 25.1 Å². The molecular weight excluding hydrogens is 410 g/mol. The summed E-state index contributed by atoms with van der Waals surface area (Å²) < 4.78 is 0. The average Bonchev–Trinajstić information content (AvgIpc) is 3.04.